The van der Waals surface area contributed by atoms with Gasteiger partial charge in [0.25, 0.3) is 3.79 Å². The zero-order valence-electron chi connectivity index (χ0n) is 10.4. The Morgan fingerprint density at radius 1 is 1.35 bits per heavy atom. The average molecular weight is 402 g/mol. The first-order chi connectivity index (χ1) is 9.30. The maximum atomic E-state index is 9.66. The zero-order chi connectivity index (χ0) is 15.2. The minimum atomic E-state index is -1.82. The molecule has 110 valence electrons. The minimum absolute atomic E-state index is 0.164. The normalized spacial score (nSPS) is 11.8. The van der Waals surface area contributed by atoms with Crippen LogP contribution in [0.4, 0.5) is 0 Å². The maximum Gasteiger partial charge on any atom is 0.265 e. The van der Waals surface area contributed by atoms with Crippen molar-refractivity contribution in [3.8, 4) is 5.75 Å². The second-order valence-corrected chi connectivity index (χ2v) is 7.12. The highest BCUT2D eigenvalue weighted by atomic mass is 79.9. The SMILES string of the molecule is N=C(OC/C=C/CCc1cc(Br)ccc1O)C(Cl)(Cl)Cl. The number of phenolic OH excluding ortho intramolecular Hbond substituents is 1. The predicted octanol–water partition coefficient (Wildman–Crippen LogP) is 5.01. The number of hydrogen-bond acceptors (Lipinski definition) is 3. The monoisotopic (exact) mass is 399 g/mol. The first-order valence-electron chi connectivity index (χ1n) is 5.71. The van der Waals surface area contributed by atoms with E-state index < -0.39 is 9.69 Å². The van der Waals surface area contributed by atoms with Crippen molar-refractivity contribution >= 4 is 56.6 Å². The summed E-state index contributed by atoms with van der Waals surface area (Å²) in [4.78, 5) is 0. The van der Waals surface area contributed by atoms with E-state index in [-0.39, 0.29) is 12.4 Å². The standard InChI is InChI=1S/C13H13BrCl3NO2/c14-10-5-6-11(19)9(8-10)4-2-1-3-7-20-12(18)13(15,16)17/h1,3,5-6,8,18-19H,2,4,7H2/b3-1+,18-12?. The molecule has 1 aromatic rings. The van der Waals surface area contributed by atoms with Gasteiger partial charge >= 0.3 is 0 Å². The molecular formula is C13H13BrCl3NO2. The van der Waals surface area contributed by atoms with E-state index in [0.717, 1.165) is 16.5 Å². The van der Waals surface area contributed by atoms with E-state index in [2.05, 4.69) is 15.9 Å². The molecule has 0 saturated heterocycles. The Bertz CT molecular complexity index is 501. The van der Waals surface area contributed by atoms with Gasteiger partial charge in [0.1, 0.15) is 12.4 Å². The number of ether oxygens (including phenoxy) is 1. The molecule has 20 heavy (non-hydrogen) atoms. The summed E-state index contributed by atoms with van der Waals surface area (Å²) in [6.07, 6.45) is 5.05. The van der Waals surface area contributed by atoms with Crippen molar-refractivity contribution < 1.29 is 9.84 Å². The Kier molecular flexibility index (Phi) is 7.17. The largest absolute Gasteiger partial charge is 0.508 e. The summed E-state index contributed by atoms with van der Waals surface area (Å²) in [6.45, 7) is 0.164. The highest BCUT2D eigenvalue weighted by molar-refractivity contribution is 9.10. The number of phenols is 1. The van der Waals surface area contributed by atoms with Crippen LogP contribution in [0, 0.1) is 5.41 Å². The van der Waals surface area contributed by atoms with Crippen LogP contribution < -0.4 is 0 Å². The van der Waals surface area contributed by atoms with E-state index in [1.165, 1.54) is 0 Å². The van der Waals surface area contributed by atoms with E-state index in [1.54, 1.807) is 18.2 Å². The number of aromatic hydroxyl groups is 1. The first-order valence-corrected chi connectivity index (χ1v) is 7.64. The summed E-state index contributed by atoms with van der Waals surface area (Å²) in [7, 11) is 0. The fourth-order valence-electron chi connectivity index (χ4n) is 1.39. The molecule has 0 spiro atoms. The van der Waals surface area contributed by atoms with Crippen LogP contribution >= 0.6 is 50.7 Å². The summed E-state index contributed by atoms with van der Waals surface area (Å²) in [5.41, 5.74) is 0.860. The van der Waals surface area contributed by atoms with Gasteiger partial charge in [-0.1, -0.05) is 62.9 Å². The molecule has 0 aliphatic heterocycles. The summed E-state index contributed by atoms with van der Waals surface area (Å²) in [5, 5.41) is 17.0. The first kappa shape index (κ1) is 17.6. The second-order valence-electron chi connectivity index (χ2n) is 3.92. The van der Waals surface area contributed by atoms with Gasteiger partial charge in [-0.25, -0.2) is 0 Å². The zero-order valence-corrected chi connectivity index (χ0v) is 14.2. The van der Waals surface area contributed by atoms with E-state index >= 15 is 0 Å². The predicted molar refractivity (Wildman–Crippen MR) is 87.2 cm³/mol. The topological polar surface area (TPSA) is 53.3 Å². The lowest BCUT2D eigenvalue weighted by Crippen LogP contribution is -2.21. The van der Waals surface area contributed by atoms with Crippen LogP contribution in [0.25, 0.3) is 0 Å². The highest BCUT2D eigenvalue weighted by Gasteiger charge is 2.28. The smallest absolute Gasteiger partial charge is 0.265 e. The second kappa shape index (κ2) is 8.13. The number of alkyl halides is 3. The Morgan fingerprint density at radius 3 is 2.70 bits per heavy atom. The molecule has 0 aliphatic rings. The summed E-state index contributed by atoms with van der Waals surface area (Å²) in [5.74, 6) is -0.132. The average Bonchev–Trinajstić information content (AvgIpc) is 2.36. The molecule has 0 saturated carbocycles. The van der Waals surface area contributed by atoms with E-state index in [4.69, 9.17) is 44.9 Å². The van der Waals surface area contributed by atoms with Crippen molar-refractivity contribution in [2.24, 2.45) is 0 Å². The van der Waals surface area contributed by atoms with Gasteiger partial charge in [0, 0.05) is 4.47 Å². The summed E-state index contributed by atoms with van der Waals surface area (Å²) in [6, 6.07) is 5.30. The van der Waals surface area contributed by atoms with Crippen molar-refractivity contribution in [3.05, 3.63) is 40.4 Å². The van der Waals surface area contributed by atoms with Crippen molar-refractivity contribution in [1.82, 2.24) is 0 Å². The lowest BCUT2D eigenvalue weighted by molar-refractivity contribution is 0.339. The summed E-state index contributed by atoms with van der Waals surface area (Å²) < 4.78 is 4.05. The number of allylic oxidation sites excluding steroid dienone is 1. The molecule has 0 aliphatic carbocycles. The number of rotatable bonds is 5. The molecule has 0 heterocycles. The fraction of sp³-hybridized carbons (Fsp3) is 0.308. The van der Waals surface area contributed by atoms with Gasteiger partial charge in [0.2, 0.25) is 5.90 Å². The van der Waals surface area contributed by atoms with Gasteiger partial charge in [0.05, 0.1) is 0 Å². The Balaban J connectivity index is 2.32. The van der Waals surface area contributed by atoms with Crippen LogP contribution in [-0.2, 0) is 11.2 Å². The number of hydrogen-bond donors (Lipinski definition) is 2. The van der Waals surface area contributed by atoms with Crippen molar-refractivity contribution in [2.45, 2.75) is 16.6 Å². The molecule has 0 bridgehead atoms. The van der Waals surface area contributed by atoms with E-state index in [9.17, 15) is 5.11 Å². The lowest BCUT2D eigenvalue weighted by Gasteiger charge is -2.11. The molecule has 0 unspecified atom stereocenters. The minimum Gasteiger partial charge on any atom is -0.508 e. The van der Waals surface area contributed by atoms with Crippen molar-refractivity contribution in [2.75, 3.05) is 6.61 Å². The molecular weight excluding hydrogens is 388 g/mol. The van der Waals surface area contributed by atoms with Crippen molar-refractivity contribution in [1.29, 1.82) is 5.41 Å². The molecule has 0 amide bonds. The molecule has 0 aromatic heterocycles. The number of nitrogens with one attached hydrogen (secondary N) is 1. The van der Waals surface area contributed by atoms with Crippen LogP contribution in [0.3, 0.4) is 0 Å². The Morgan fingerprint density at radius 2 is 2.05 bits per heavy atom. The highest BCUT2D eigenvalue weighted by Crippen LogP contribution is 2.27. The van der Waals surface area contributed by atoms with Crippen LogP contribution in [0.5, 0.6) is 5.75 Å². The Labute approximate surface area is 141 Å². The number of aryl methyl sites for hydroxylation is 1. The molecule has 0 radical (unpaired) electrons. The quantitative estimate of drug-likeness (QED) is 0.315. The van der Waals surface area contributed by atoms with Crippen molar-refractivity contribution in [3.63, 3.8) is 0 Å². The molecule has 1 aromatic carbocycles. The van der Waals surface area contributed by atoms with Gasteiger partial charge in [-0.15, -0.1) is 0 Å². The van der Waals surface area contributed by atoms with Crippen LogP contribution in [0.15, 0.2) is 34.8 Å². The number of benzene rings is 1. The molecule has 3 nitrogen and oxygen atoms in total. The van der Waals surface area contributed by atoms with Gasteiger partial charge in [-0.05, 0) is 36.6 Å². The van der Waals surface area contributed by atoms with Gasteiger partial charge in [0.15, 0.2) is 0 Å². The third-order valence-corrected chi connectivity index (χ3v) is 3.38. The van der Waals surface area contributed by atoms with Gasteiger partial charge in [-0.2, -0.15) is 0 Å². The van der Waals surface area contributed by atoms with E-state index in [0.29, 0.717) is 6.42 Å². The third-order valence-electron chi connectivity index (χ3n) is 2.37. The fourth-order valence-corrected chi connectivity index (χ4v) is 1.96. The lowest BCUT2D eigenvalue weighted by atomic mass is 10.1. The third kappa shape index (κ3) is 6.35. The molecule has 0 atom stereocenters. The van der Waals surface area contributed by atoms with Crippen LogP contribution in [0.2, 0.25) is 0 Å². The number of halogens is 4. The van der Waals surface area contributed by atoms with E-state index in [1.807, 2.05) is 12.1 Å². The van der Waals surface area contributed by atoms with Gasteiger partial charge < -0.3 is 9.84 Å². The molecule has 0 fully saturated rings. The Hall–Kier alpha value is -0.420. The van der Waals surface area contributed by atoms with Crippen LogP contribution in [-0.4, -0.2) is 21.4 Å². The summed E-state index contributed by atoms with van der Waals surface area (Å²) >= 11 is 19.7. The molecule has 2 N–H and O–H groups in total. The van der Waals surface area contributed by atoms with Gasteiger partial charge in [-0.3, -0.25) is 5.41 Å². The maximum absolute atomic E-state index is 9.66. The molecule has 7 heteroatoms. The molecule has 1 rings (SSSR count). The van der Waals surface area contributed by atoms with Crippen LogP contribution in [0.1, 0.15) is 12.0 Å².